The van der Waals surface area contributed by atoms with Crippen LogP contribution in [0.5, 0.6) is 0 Å². The van der Waals surface area contributed by atoms with Crippen molar-refractivity contribution >= 4 is 75.5 Å². The number of fused-ring (bicyclic) bond motifs is 1. The van der Waals surface area contributed by atoms with Gasteiger partial charge in [-0.05, 0) is 37.3 Å². The largest absolute Gasteiger partial charge is 0.368 e. The molecule has 1 aromatic heterocycles. The molecule has 0 aliphatic carbocycles. The highest BCUT2D eigenvalue weighted by atomic mass is 35.5. The first-order valence-electron chi connectivity index (χ1n) is 10.7. The molecule has 2 aliphatic heterocycles. The van der Waals surface area contributed by atoms with E-state index in [2.05, 4.69) is 32.4 Å². The zero-order valence-electron chi connectivity index (χ0n) is 18.2. The fourth-order valence-corrected chi connectivity index (χ4v) is 5.89. The van der Waals surface area contributed by atoms with Crippen LogP contribution in [0.4, 0.5) is 23.0 Å². The Morgan fingerprint density at radius 2 is 1.94 bits per heavy atom. The molecule has 7 nitrogen and oxygen atoms in total. The summed E-state index contributed by atoms with van der Waals surface area (Å²) in [5, 5.41) is 8.72. The van der Waals surface area contributed by atoms with Crippen LogP contribution in [-0.4, -0.2) is 47.4 Å². The fraction of sp³-hybridized carbons (Fsp3) is 0.261. The van der Waals surface area contributed by atoms with Crippen molar-refractivity contribution in [3.63, 3.8) is 0 Å². The van der Waals surface area contributed by atoms with E-state index in [4.69, 9.17) is 34.8 Å². The number of hydrogen-bond acceptors (Lipinski definition) is 7. The maximum Gasteiger partial charge on any atom is 0.263 e. The molecule has 3 aromatic rings. The van der Waals surface area contributed by atoms with Crippen LogP contribution in [0.15, 0.2) is 47.6 Å². The molecule has 2 aromatic carbocycles. The van der Waals surface area contributed by atoms with E-state index in [9.17, 15) is 4.79 Å². The predicted octanol–water partition coefficient (Wildman–Crippen LogP) is 5.69. The van der Waals surface area contributed by atoms with E-state index < -0.39 is 0 Å². The van der Waals surface area contributed by atoms with Crippen LogP contribution in [0.3, 0.4) is 0 Å². The highest BCUT2D eigenvalue weighted by molar-refractivity contribution is 7.99. The van der Waals surface area contributed by atoms with E-state index in [1.54, 1.807) is 23.1 Å². The second kappa shape index (κ2) is 9.79. The number of halogens is 3. The topological polar surface area (TPSA) is 73.4 Å². The zero-order chi connectivity index (χ0) is 23.8. The van der Waals surface area contributed by atoms with Gasteiger partial charge < -0.3 is 15.5 Å². The minimum Gasteiger partial charge on any atom is -0.368 e. The number of para-hydroxylation sites is 1. The number of amides is 1. The van der Waals surface area contributed by atoms with E-state index in [1.807, 2.05) is 18.2 Å². The van der Waals surface area contributed by atoms with Crippen molar-refractivity contribution in [2.45, 2.75) is 18.0 Å². The monoisotopic (exact) mass is 534 g/mol. The van der Waals surface area contributed by atoms with Crippen LogP contribution in [0.1, 0.15) is 17.3 Å². The molecule has 0 radical (unpaired) electrons. The summed E-state index contributed by atoms with van der Waals surface area (Å²) in [5.41, 5.74) is 2.67. The summed E-state index contributed by atoms with van der Waals surface area (Å²) < 4.78 is 0. The van der Waals surface area contributed by atoms with E-state index in [0.29, 0.717) is 49.2 Å². The summed E-state index contributed by atoms with van der Waals surface area (Å²) in [6.45, 7) is 4.90. The minimum atomic E-state index is -0.243. The molecular weight excluding hydrogens is 515 g/mol. The first-order chi connectivity index (χ1) is 16.4. The van der Waals surface area contributed by atoms with Crippen molar-refractivity contribution < 1.29 is 4.79 Å². The second-order valence-electron chi connectivity index (χ2n) is 8.08. The third-order valence-corrected chi connectivity index (χ3v) is 7.57. The number of aromatic nitrogens is 2. The highest BCUT2D eigenvalue weighted by Gasteiger charge is 2.30. The van der Waals surface area contributed by atoms with Gasteiger partial charge in [0.25, 0.3) is 5.91 Å². The molecule has 1 amide bonds. The maximum absolute atomic E-state index is 13.1. The molecule has 2 aliphatic rings. The Morgan fingerprint density at radius 1 is 1.15 bits per heavy atom. The van der Waals surface area contributed by atoms with Crippen LogP contribution >= 0.6 is 46.6 Å². The standard InChI is InChI=1S/C23H21Cl3N6OS/c1-13-11-31(8-7-27-13)19-6-5-14(9-18(19)26)29-23-28-10-15-21(30-23)34-12-32(22(15)33)20-16(24)3-2-4-17(20)25/h2-6,9-10,13,27H,7-8,11-12H2,1H3,(H,28,29,30). The molecule has 3 heterocycles. The van der Waals surface area contributed by atoms with Crippen molar-refractivity contribution in [2.75, 3.05) is 40.6 Å². The number of rotatable bonds is 4. The normalized spacial score (nSPS) is 18.1. The van der Waals surface area contributed by atoms with Gasteiger partial charge in [0.2, 0.25) is 5.95 Å². The summed E-state index contributed by atoms with van der Waals surface area (Å²) in [5.74, 6) is 0.492. The predicted molar refractivity (Wildman–Crippen MR) is 140 cm³/mol. The Bertz CT molecular complexity index is 1240. The maximum atomic E-state index is 13.1. The van der Waals surface area contributed by atoms with E-state index in [0.717, 1.165) is 31.0 Å². The summed E-state index contributed by atoms with van der Waals surface area (Å²) in [6, 6.07) is 11.4. The van der Waals surface area contributed by atoms with Crippen LogP contribution < -0.4 is 20.4 Å². The number of carbonyl (C=O) groups is 1. The van der Waals surface area contributed by atoms with Crippen LogP contribution in [0.2, 0.25) is 15.1 Å². The lowest BCUT2D eigenvalue weighted by atomic mass is 10.2. The van der Waals surface area contributed by atoms with Crippen LogP contribution in [0.25, 0.3) is 0 Å². The third-order valence-electron chi connectivity index (χ3n) is 5.68. The van der Waals surface area contributed by atoms with E-state index in [1.165, 1.54) is 18.0 Å². The molecule has 2 N–H and O–H groups in total. The van der Waals surface area contributed by atoms with Gasteiger partial charge >= 0.3 is 0 Å². The van der Waals surface area contributed by atoms with Gasteiger partial charge in [-0.15, -0.1) is 0 Å². The van der Waals surface area contributed by atoms with E-state index in [-0.39, 0.29) is 5.91 Å². The van der Waals surface area contributed by atoms with Crippen LogP contribution in [-0.2, 0) is 0 Å². The Kier molecular flexibility index (Phi) is 6.77. The first-order valence-corrected chi connectivity index (χ1v) is 12.8. The number of thioether (sulfide) groups is 1. The Morgan fingerprint density at radius 3 is 2.68 bits per heavy atom. The molecule has 11 heteroatoms. The van der Waals surface area contributed by atoms with Gasteiger partial charge in [0.15, 0.2) is 0 Å². The molecule has 0 saturated carbocycles. The molecular formula is C23H21Cl3N6OS. The van der Waals surface area contributed by atoms with Crippen LogP contribution in [0, 0.1) is 0 Å². The summed E-state index contributed by atoms with van der Waals surface area (Å²) >= 11 is 20.6. The lowest BCUT2D eigenvalue weighted by molar-refractivity contribution is 0.0985. The molecule has 1 unspecified atom stereocenters. The summed E-state index contributed by atoms with van der Waals surface area (Å²) in [7, 11) is 0. The SMILES string of the molecule is CC1CN(c2ccc(Nc3ncc4c(n3)SCN(c3c(Cl)cccc3Cl)C4=O)cc2Cl)CCN1. The van der Waals surface area contributed by atoms with Crippen molar-refractivity contribution in [3.8, 4) is 0 Å². The van der Waals surface area contributed by atoms with Gasteiger partial charge in [-0.2, -0.15) is 0 Å². The number of carbonyl (C=O) groups excluding carboxylic acids is 1. The molecule has 1 saturated heterocycles. The van der Waals surface area contributed by atoms with E-state index >= 15 is 0 Å². The number of hydrogen-bond donors (Lipinski definition) is 2. The third kappa shape index (κ3) is 4.65. The Hall–Kier alpha value is -2.23. The Balaban J connectivity index is 1.34. The van der Waals surface area contributed by atoms with Crippen molar-refractivity contribution in [2.24, 2.45) is 0 Å². The van der Waals surface area contributed by atoms with Gasteiger partial charge in [-0.25, -0.2) is 9.97 Å². The lowest BCUT2D eigenvalue weighted by Crippen LogP contribution is -2.49. The molecule has 1 atom stereocenters. The molecule has 1 fully saturated rings. The zero-order valence-corrected chi connectivity index (χ0v) is 21.3. The quantitative estimate of drug-likeness (QED) is 0.416. The lowest BCUT2D eigenvalue weighted by Gasteiger charge is -2.34. The average Bonchev–Trinajstić information content (AvgIpc) is 2.80. The molecule has 0 bridgehead atoms. The molecule has 176 valence electrons. The summed E-state index contributed by atoms with van der Waals surface area (Å²) in [4.78, 5) is 25.8. The first kappa shape index (κ1) is 23.5. The smallest absolute Gasteiger partial charge is 0.263 e. The van der Waals surface area contributed by atoms with Gasteiger partial charge in [-0.1, -0.05) is 52.6 Å². The van der Waals surface area contributed by atoms with Gasteiger partial charge in [-0.3, -0.25) is 9.69 Å². The second-order valence-corrected chi connectivity index (χ2v) is 10.2. The summed E-state index contributed by atoms with van der Waals surface area (Å²) in [6.07, 6.45) is 1.52. The number of benzene rings is 2. The molecule has 5 rings (SSSR count). The number of nitrogens with zero attached hydrogens (tertiary/aromatic N) is 4. The van der Waals surface area contributed by atoms with Crippen molar-refractivity contribution in [1.29, 1.82) is 0 Å². The van der Waals surface area contributed by atoms with Gasteiger partial charge in [0, 0.05) is 37.6 Å². The minimum absolute atomic E-state index is 0.243. The highest BCUT2D eigenvalue weighted by Crippen LogP contribution is 2.39. The number of nitrogens with one attached hydrogen (secondary N) is 2. The average molecular weight is 536 g/mol. The van der Waals surface area contributed by atoms with Crippen molar-refractivity contribution in [3.05, 3.63) is 63.2 Å². The number of anilines is 4. The van der Waals surface area contributed by atoms with Gasteiger partial charge in [0.1, 0.15) is 5.03 Å². The molecule has 0 spiro atoms. The number of piperazine rings is 1. The van der Waals surface area contributed by atoms with Gasteiger partial charge in [0.05, 0.1) is 37.9 Å². The Labute approximate surface area is 216 Å². The fourth-order valence-electron chi connectivity index (χ4n) is 4.05. The van der Waals surface area contributed by atoms with Crippen molar-refractivity contribution in [1.82, 2.24) is 15.3 Å². The molecule has 34 heavy (non-hydrogen) atoms.